The van der Waals surface area contributed by atoms with Crippen molar-refractivity contribution in [3.63, 3.8) is 0 Å². The van der Waals surface area contributed by atoms with Gasteiger partial charge in [0.1, 0.15) is 22.7 Å². The van der Waals surface area contributed by atoms with Crippen molar-refractivity contribution < 1.29 is 19.2 Å². The first-order valence-electron chi connectivity index (χ1n) is 11.5. The summed E-state index contributed by atoms with van der Waals surface area (Å²) in [7, 11) is 0. The lowest BCUT2D eigenvalue weighted by atomic mass is 9.86. The van der Waals surface area contributed by atoms with Gasteiger partial charge in [-0.2, -0.15) is 0 Å². The molecule has 0 saturated carbocycles. The van der Waals surface area contributed by atoms with E-state index in [0.717, 1.165) is 5.82 Å². The van der Waals surface area contributed by atoms with Crippen LogP contribution in [0.4, 0.5) is 10.6 Å². The van der Waals surface area contributed by atoms with Crippen molar-refractivity contribution in [2.24, 2.45) is 5.16 Å². The molecule has 0 bridgehead atoms. The van der Waals surface area contributed by atoms with Crippen LogP contribution in [0.15, 0.2) is 23.5 Å². The first kappa shape index (κ1) is 23.6. The minimum atomic E-state index is -0.526. The number of amides is 2. The van der Waals surface area contributed by atoms with Crippen LogP contribution >= 0.6 is 11.6 Å². The van der Waals surface area contributed by atoms with Crippen LogP contribution in [-0.4, -0.2) is 82.5 Å². The smallest absolute Gasteiger partial charge is 0.410 e. The third-order valence-corrected chi connectivity index (χ3v) is 6.63. The maximum atomic E-state index is 13.2. The van der Waals surface area contributed by atoms with E-state index in [1.165, 1.54) is 0 Å². The molecule has 1 unspecified atom stereocenters. The van der Waals surface area contributed by atoms with Crippen LogP contribution in [0, 0.1) is 0 Å². The molecule has 0 N–H and O–H groups in total. The number of ether oxygens (including phenoxy) is 1. The second kappa shape index (κ2) is 9.00. The summed E-state index contributed by atoms with van der Waals surface area (Å²) in [5.41, 5.74) is -0.589. The molecular weight excluding hydrogens is 446 g/mol. The summed E-state index contributed by atoms with van der Waals surface area (Å²) in [6.07, 6.45) is 3.11. The number of aromatic nitrogens is 1. The average molecular weight is 478 g/mol. The number of halogens is 1. The molecule has 2 amide bonds. The van der Waals surface area contributed by atoms with Gasteiger partial charge in [-0.25, -0.2) is 9.78 Å². The van der Waals surface area contributed by atoms with Gasteiger partial charge in [0.2, 0.25) is 0 Å². The standard InChI is InChI=1S/C23H32ClN5O4/c1-16-15-28(19-17(24)6-5-9-25-19)12-13-29(16)20(30)18-14-23(33-26-18)7-10-27(11-8-23)21(31)32-22(2,3)4/h5-6,9,16H,7-8,10-15H2,1-4H3. The van der Waals surface area contributed by atoms with Crippen molar-refractivity contribution in [3.8, 4) is 0 Å². The molecule has 9 nitrogen and oxygen atoms in total. The Kier molecular flexibility index (Phi) is 6.44. The molecule has 33 heavy (non-hydrogen) atoms. The van der Waals surface area contributed by atoms with Gasteiger partial charge in [0.05, 0.1) is 5.02 Å². The fraction of sp³-hybridized carbons (Fsp3) is 0.652. The van der Waals surface area contributed by atoms with Crippen molar-refractivity contribution in [1.29, 1.82) is 0 Å². The Morgan fingerprint density at radius 2 is 1.94 bits per heavy atom. The zero-order chi connectivity index (χ0) is 23.8. The molecule has 0 radical (unpaired) electrons. The van der Waals surface area contributed by atoms with Crippen LogP contribution in [0.2, 0.25) is 5.02 Å². The normalized spacial score (nSPS) is 22.8. The number of carbonyl (C=O) groups excluding carboxylic acids is 2. The summed E-state index contributed by atoms with van der Waals surface area (Å²) in [5, 5.41) is 4.80. The first-order chi connectivity index (χ1) is 15.6. The van der Waals surface area contributed by atoms with Gasteiger partial charge < -0.3 is 24.3 Å². The van der Waals surface area contributed by atoms with E-state index in [2.05, 4.69) is 15.0 Å². The van der Waals surface area contributed by atoms with E-state index in [-0.39, 0.29) is 18.0 Å². The Morgan fingerprint density at radius 1 is 1.21 bits per heavy atom. The van der Waals surface area contributed by atoms with Crippen LogP contribution < -0.4 is 4.90 Å². The largest absolute Gasteiger partial charge is 0.444 e. The zero-order valence-corrected chi connectivity index (χ0v) is 20.5. The molecule has 4 heterocycles. The Morgan fingerprint density at radius 3 is 2.58 bits per heavy atom. The number of piperidine rings is 1. The predicted molar refractivity (Wildman–Crippen MR) is 126 cm³/mol. The summed E-state index contributed by atoms with van der Waals surface area (Å²) in [6, 6.07) is 3.61. The van der Waals surface area contributed by atoms with Crippen LogP contribution in [0.25, 0.3) is 0 Å². The van der Waals surface area contributed by atoms with Crippen molar-refractivity contribution in [2.45, 2.75) is 64.2 Å². The summed E-state index contributed by atoms with van der Waals surface area (Å²) in [6.45, 7) is 10.5. The number of hydrogen-bond acceptors (Lipinski definition) is 7. The number of carbonyl (C=O) groups is 2. The summed E-state index contributed by atoms with van der Waals surface area (Å²) in [4.78, 5) is 41.4. The molecule has 1 aromatic rings. The molecular formula is C23H32ClN5O4. The Balaban J connectivity index is 1.31. The number of anilines is 1. The van der Waals surface area contributed by atoms with Crippen molar-refractivity contribution in [2.75, 3.05) is 37.6 Å². The maximum absolute atomic E-state index is 13.2. The molecule has 0 aromatic carbocycles. The van der Waals surface area contributed by atoms with Crippen molar-refractivity contribution in [1.82, 2.24) is 14.8 Å². The molecule has 0 aliphatic carbocycles. The predicted octanol–water partition coefficient (Wildman–Crippen LogP) is 3.32. The van der Waals surface area contributed by atoms with Crippen LogP contribution in [-0.2, 0) is 14.4 Å². The second-order valence-corrected chi connectivity index (χ2v) is 10.5. The number of nitrogens with zero attached hydrogens (tertiary/aromatic N) is 5. The number of rotatable bonds is 2. The van der Waals surface area contributed by atoms with E-state index < -0.39 is 11.2 Å². The lowest BCUT2D eigenvalue weighted by molar-refractivity contribution is -0.126. The number of likely N-dealkylation sites (tertiary alicyclic amines) is 1. The first-order valence-corrected chi connectivity index (χ1v) is 11.8. The monoisotopic (exact) mass is 477 g/mol. The summed E-state index contributed by atoms with van der Waals surface area (Å²) >= 11 is 6.30. The zero-order valence-electron chi connectivity index (χ0n) is 19.7. The highest BCUT2D eigenvalue weighted by atomic mass is 35.5. The molecule has 3 aliphatic heterocycles. The highest BCUT2D eigenvalue weighted by Gasteiger charge is 2.46. The number of hydrogen-bond donors (Lipinski definition) is 0. The molecule has 2 fully saturated rings. The highest BCUT2D eigenvalue weighted by Crippen LogP contribution is 2.36. The van der Waals surface area contributed by atoms with E-state index in [9.17, 15) is 9.59 Å². The van der Waals surface area contributed by atoms with Gasteiger partial charge in [0.25, 0.3) is 5.91 Å². The van der Waals surface area contributed by atoms with Gasteiger partial charge in [-0.3, -0.25) is 4.79 Å². The summed E-state index contributed by atoms with van der Waals surface area (Å²) < 4.78 is 5.47. The average Bonchev–Trinajstić information content (AvgIpc) is 3.16. The molecule has 180 valence electrons. The molecule has 4 rings (SSSR count). The molecule has 1 atom stereocenters. The fourth-order valence-corrected chi connectivity index (χ4v) is 4.80. The number of oxime groups is 1. The van der Waals surface area contributed by atoms with E-state index in [1.807, 2.05) is 38.7 Å². The minimum Gasteiger partial charge on any atom is -0.444 e. The molecule has 1 spiro atoms. The number of piperazine rings is 1. The fourth-order valence-electron chi connectivity index (χ4n) is 4.56. The van der Waals surface area contributed by atoms with Gasteiger partial charge in [-0.05, 0) is 39.8 Å². The minimum absolute atomic E-state index is 0.0161. The molecule has 10 heteroatoms. The number of pyridine rings is 1. The van der Waals surface area contributed by atoms with Crippen LogP contribution in [0.3, 0.4) is 0 Å². The molecule has 3 aliphatic rings. The Bertz CT molecular complexity index is 939. The quantitative estimate of drug-likeness (QED) is 0.649. The van der Waals surface area contributed by atoms with Crippen molar-refractivity contribution in [3.05, 3.63) is 23.4 Å². The Labute approximate surface area is 199 Å². The highest BCUT2D eigenvalue weighted by molar-refractivity contribution is 6.39. The topological polar surface area (TPSA) is 87.6 Å². The van der Waals surface area contributed by atoms with Crippen LogP contribution in [0.1, 0.15) is 47.0 Å². The lowest BCUT2D eigenvalue weighted by Gasteiger charge is -2.40. The van der Waals surface area contributed by atoms with Gasteiger partial charge in [-0.15, -0.1) is 0 Å². The summed E-state index contributed by atoms with van der Waals surface area (Å²) in [5.74, 6) is 0.663. The third-order valence-electron chi connectivity index (χ3n) is 6.34. The van der Waals surface area contributed by atoms with Gasteiger partial charge >= 0.3 is 6.09 Å². The van der Waals surface area contributed by atoms with E-state index in [4.69, 9.17) is 21.2 Å². The second-order valence-electron chi connectivity index (χ2n) is 10.1. The van der Waals surface area contributed by atoms with E-state index in [1.54, 1.807) is 17.2 Å². The Hall–Kier alpha value is -2.55. The SMILES string of the molecule is CC1CN(c2ncccc2Cl)CCN1C(=O)C1=NOC2(CCN(C(=O)OC(C)(C)C)CC2)C1. The van der Waals surface area contributed by atoms with Gasteiger partial charge in [0.15, 0.2) is 0 Å². The molecule has 1 aromatic heterocycles. The van der Waals surface area contributed by atoms with Crippen molar-refractivity contribution >= 4 is 35.1 Å². The van der Waals surface area contributed by atoms with E-state index in [0.29, 0.717) is 62.7 Å². The van der Waals surface area contributed by atoms with Gasteiger partial charge in [0, 0.05) is 64.2 Å². The third kappa shape index (κ3) is 5.18. The maximum Gasteiger partial charge on any atom is 0.410 e. The van der Waals surface area contributed by atoms with Crippen LogP contribution in [0.5, 0.6) is 0 Å². The molecule has 2 saturated heterocycles. The lowest BCUT2D eigenvalue weighted by Crippen LogP contribution is -2.56. The van der Waals surface area contributed by atoms with E-state index >= 15 is 0 Å². The van der Waals surface area contributed by atoms with Gasteiger partial charge in [-0.1, -0.05) is 16.8 Å².